The van der Waals surface area contributed by atoms with Crippen molar-refractivity contribution >= 4 is 0 Å². The average molecular weight is 746 g/mol. The summed E-state index contributed by atoms with van der Waals surface area (Å²) in [6.07, 6.45) is 26.4. The second-order valence-electron chi connectivity index (χ2n) is 19.2. The largest absolute Gasteiger partial charge is 0.315 e. The van der Waals surface area contributed by atoms with Crippen molar-refractivity contribution in [1.29, 1.82) is 0 Å². The first-order valence-electron chi connectivity index (χ1n) is 23.1. The number of aryl methyl sites for hydroxylation is 3. The minimum atomic E-state index is 0.454. The molecule has 55 heavy (non-hydrogen) atoms. The van der Waals surface area contributed by atoms with Crippen LogP contribution in [0.2, 0.25) is 0 Å². The average Bonchev–Trinajstić information content (AvgIpc) is 3.70. The second kappa shape index (κ2) is 20.3. The minimum Gasteiger partial charge on any atom is -0.315 e. The van der Waals surface area contributed by atoms with E-state index in [-0.39, 0.29) is 0 Å². The molecule has 3 aromatic rings. The lowest BCUT2D eigenvalue weighted by Crippen LogP contribution is -2.31. The summed E-state index contributed by atoms with van der Waals surface area (Å²) in [5.74, 6) is 0. The van der Waals surface area contributed by atoms with Crippen LogP contribution < -0.4 is 10.6 Å². The Balaban J connectivity index is 0.000000140. The van der Waals surface area contributed by atoms with Crippen molar-refractivity contribution in [2.45, 2.75) is 185 Å². The van der Waals surface area contributed by atoms with E-state index in [4.69, 9.17) is 0 Å². The molecule has 0 radical (unpaired) electrons. The topological polar surface area (TPSA) is 27.3 Å². The molecular formula is C52H79N3. The summed E-state index contributed by atoms with van der Waals surface area (Å²) in [5, 5.41) is 7.27. The predicted octanol–water partition coefficient (Wildman–Crippen LogP) is 12.4. The fourth-order valence-electron chi connectivity index (χ4n) is 10.7. The van der Waals surface area contributed by atoms with Crippen LogP contribution in [0, 0.1) is 20.8 Å². The normalized spacial score (nSPS) is 21.3. The first-order chi connectivity index (χ1) is 26.7. The highest BCUT2D eigenvalue weighted by atomic mass is 15.1. The van der Waals surface area contributed by atoms with Gasteiger partial charge in [-0.2, -0.15) is 0 Å². The van der Waals surface area contributed by atoms with Gasteiger partial charge < -0.3 is 15.5 Å². The molecule has 0 atom stereocenters. The van der Waals surface area contributed by atoms with E-state index in [9.17, 15) is 0 Å². The molecule has 0 bridgehead atoms. The van der Waals surface area contributed by atoms with E-state index >= 15 is 0 Å². The van der Waals surface area contributed by atoms with Gasteiger partial charge in [0.05, 0.1) is 0 Å². The number of rotatable bonds is 14. The Bertz CT molecular complexity index is 1440. The van der Waals surface area contributed by atoms with Gasteiger partial charge in [-0.25, -0.2) is 0 Å². The Morgan fingerprint density at radius 2 is 0.873 bits per heavy atom. The van der Waals surface area contributed by atoms with Crippen LogP contribution in [0.3, 0.4) is 0 Å². The molecule has 5 aliphatic rings. The maximum atomic E-state index is 3.69. The number of nitrogens with one attached hydrogen (secondary N) is 2. The van der Waals surface area contributed by atoms with Crippen LogP contribution >= 0.6 is 0 Å². The van der Waals surface area contributed by atoms with Crippen LogP contribution in [0.1, 0.15) is 169 Å². The van der Waals surface area contributed by atoms with Gasteiger partial charge in [0.2, 0.25) is 0 Å². The molecule has 1 saturated heterocycles. The third-order valence-electron chi connectivity index (χ3n) is 14.5. The zero-order valence-electron chi connectivity index (χ0n) is 36.0. The first-order valence-corrected chi connectivity index (χ1v) is 23.1. The Morgan fingerprint density at radius 3 is 1.24 bits per heavy atom. The number of benzene rings is 3. The number of hydrogen-bond donors (Lipinski definition) is 2. The fraction of sp³-hybridized carbons (Fsp3) is 0.654. The molecular weight excluding hydrogens is 667 g/mol. The standard InChI is InChI=1S/C18H27N.C17H25N.C17H27N/c1-16-6-8-17(9-7-16)18(10-2-3-11-18)12-15-19-13-4-5-14-19;1-14-4-6-15(7-5-14)17(10-2-3-11-17)12-13-18-16-8-9-16;1-14(2)18-13-12-17(10-4-5-11-17)16-8-6-15(3)7-9-16/h6-9H,2-5,10-15H2,1H3;4-7,16,18H,2-3,8-13H2,1H3;6-9,14,18H,4-5,10-13H2,1-3H3. The number of nitrogens with zero attached hydrogens (tertiary/aromatic N) is 1. The molecule has 2 N–H and O–H groups in total. The molecule has 0 spiro atoms. The van der Waals surface area contributed by atoms with Crippen molar-refractivity contribution in [1.82, 2.24) is 15.5 Å². The lowest BCUT2D eigenvalue weighted by molar-refractivity contribution is 0.279. The third kappa shape index (κ3) is 12.0. The van der Waals surface area contributed by atoms with E-state index in [0.29, 0.717) is 22.3 Å². The van der Waals surface area contributed by atoms with Crippen molar-refractivity contribution < 1.29 is 0 Å². The summed E-state index contributed by atoms with van der Waals surface area (Å²) < 4.78 is 0. The van der Waals surface area contributed by atoms with Crippen LogP contribution in [-0.2, 0) is 16.2 Å². The molecule has 0 aromatic heterocycles. The van der Waals surface area contributed by atoms with Gasteiger partial charge in [0.25, 0.3) is 0 Å². The van der Waals surface area contributed by atoms with E-state index < -0.39 is 0 Å². The van der Waals surface area contributed by atoms with Gasteiger partial charge in [-0.3, -0.25) is 0 Å². The second-order valence-corrected chi connectivity index (χ2v) is 19.2. The Morgan fingerprint density at radius 1 is 0.509 bits per heavy atom. The maximum absolute atomic E-state index is 3.69. The molecule has 3 aromatic carbocycles. The molecule has 8 rings (SSSR count). The van der Waals surface area contributed by atoms with Crippen LogP contribution in [0.5, 0.6) is 0 Å². The lowest BCUT2D eigenvalue weighted by atomic mass is 9.76. The highest BCUT2D eigenvalue weighted by molar-refractivity contribution is 5.32. The molecule has 3 nitrogen and oxygen atoms in total. The molecule has 1 aliphatic heterocycles. The molecule has 3 heteroatoms. The van der Waals surface area contributed by atoms with Crippen molar-refractivity contribution in [3.63, 3.8) is 0 Å². The van der Waals surface area contributed by atoms with E-state index in [0.717, 1.165) is 12.6 Å². The van der Waals surface area contributed by atoms with Gasteiger partial charge in [-0.1, -0.05) is 142 Å². The van der Waals surface area contributed by atoms with Crippen LogP contribution in [-0.4, -0.2) is 49.7 Å². The van der Waals surface area contributed by atoms with Gasteiger partial charge >= 0.3 is 0 Å². The number of hydrogen-bond acceptors (Lipinski definition) is 3. The Kier molecular flexibility index (Phi) is 15.6. The van der Waals surface area contributed by atoms with Crippen LogP contribution in [0.15, 0.2) is 72.8 Å². The summed E-state index contributed by atoms with van der Waals surface area (Å²) in [7, 11) is 0. The van der Waals surface area contributed by atoms with Crippen LogP contribution in [0.4, 0.5) is 0 Å². The summed E-state index contributed by atoms with van der Waals surface area (Å²) in [6, 6.07) is 29.4. The molecule has 1 heterocycles. The van der Waals surface area contributed by atoms with E-state index in [1.165, 1.54) is 165 Å². The Labute approximate surface area is 338 Å². The summed E-state index contributed by atoms with van der Waals surface area (Å²) >= 11 is 0. The quantitative estimate of drug-likeness (QED) is 0.172. The zero-order chi connectivity index (χ0) is 38.6. The highest BCUT2D eigenvalue weighted by Gasteiger charge is 2.37. The zero-order valence-corrected chi connectivity index (χ0v) is 36.0. The van der Waals surface area contributed by atoms with Crippen molar-refractivity contribution in [2.24, 2.45) is 0 Å². The van der Waals surface area contributed by atoms with Crippen LogP contribution in [0.25, 0.3) is 0 Å². The molecule has 302 valence electrons. The summed E-state index contributed by atoms with van der Waals surface area (Å²) in [5.41, 5.74) is 10.3. The van der Waals surface area contributed by atoms with Crippen molar-refractivity contribution in [2.75, 3.05) is 32.7 Å². The molecule has 4 aliphatic carbocycles. The van der Waals surface area contributed by atoms with E-state index in [1.54, 1.807) is 16.7 Å². The molecule has 5 fully saturated rings. The highest BCUT2D eigenvalue weighted by Crippen LogP contribution is 2.46. The fourth-order valence-corrected chi connectivity index (χ4v) is 10.7. The summed E-state index contributed by atoms with van der Waals surface area (Å²) in [4.78, 5) is 2.67. The lowest BCUT2D eigenvalue weighted by Gasteiger charge is -2.32. The van der Waals surface area contributed by atoms with Gasteiger partial charge in [-0.15, -0.1) is 0 Å². The smallest absolute Gasteiger partial charge is 0.00682 e. The molecule has 4 saturated carbocycles. The van der Waals surface area contributed by atoms with Crippen molar-refractivity contribution in [3.8, 4) is 0 Å². The summed E-state index contributed by atoms with van der Waals surface area (Å²) in [6.45, 7) is 17.3. The van der Waals surface area contributed by atoms with E-state index in [1.807, 2.05) is 0 Å². The Hall–Kier alpha value is -2.46. The maximum Gasteiger partial charge on any atom is 0.00682 e. The predicted molar refractivity (Wildman–Crippen MR) is 238 cm³/mol. The minimum absolute atomic E-state index is 0.454. The molecule has 0 unspecified atom stereocenters. The third-order valence-corrected chi connectivity index (χ3v) is 14.5. The van der Waals surface area contributed by atoms with Gasteiger partial charge in [0.1, 0.15) is 0 Å². The van der Waals surface area contributed by atoms with Gasteiger partial charge in [0.15, 0.2) is 0 Å². The molecule has 0 amide bonds. The number of likely N-dealkylation sites (tertiary alicyclic amines) is 1. The van der Waals surface area contributed by atoms with Gasteiger partial charge in [-0.05, 0) is 170 Å². The SMILES string of the molecule is Cc1ccc(C2(CCN3CCCC3)CCCC2)cc1.Cc1ccc(C2(CCNC(C)C)CCCC2)cc1.Cc1ccc(C2(CCNC3CC3)CCCC2)cc1. The van der Waals surface area contributed by atoms with E-state index in [2.05, 4.69) is 123 Å². The van der Waals surface area contributed by atoms with Gasteiger partial charge in [0, 0.05) is 12.1 Å². The monoisotopic (exact) mass is 746 g/mol. The van der Waals surface area contributed by atoms with Crippen molar-refractivity contribution in [3.05, 3.63) is 106 Å². The first kappa shape index (κ1) is 42.2.